The summed E-state index contributed by atoms with van der Waals surface area (Å²) in [5.74, 6) is -0.770. The van der Waals surface area contributed by atoms with Crippen LogP contribution in [-0.4, -0.2) is 51.4 Å². The predicted octanol–water partition coefficient (Wildman–Crippen LogP) is -0.162. The summed E-state index contributed by atoms with van der Waals surface area (Å²) in [7, 11) is 0. The average molecular weight is 298 g/mol. The minimum Gasteiger partial charge on any atom is -0.480 e. The Balaban J connectivity index is 2.11. The fourth-order valence-electron chi connectivity index (χ4n) is 2.76. The van der Waals surface area contributed by atoms with E-state index >= 15 is 0 Å². The van der Waals surface area contributed by atoms with Gasteiger partial charge in [0.15, 0.2) is 5.82 Å². The molecule has 0 saturated heterocycles. The Morgan fingerprint density at radius 2 is 2.38 bits per heavy atom. The van der Waals surface area contributed by atoms with Crippen molar-refractivity contribution in [2.75, 3.05) is 19.6 Å². The number of rotatable bonds is 6. The number of nitrogens with two attached hydrogens (primary N) is 1. The summed E-state index contributed by atoms with van der Waals surface area (Å²) in [6.45, 7) is 3.46. The minimum atomic E-state index is -1.02. The zero-order valence-electron chi connectivity index (χ0n) is 12.2. The van der Waals surface area contributed by atoms with E-state index in [2.05, 4.69) is 5.16 Å². The lowest BCUT2D eigenvalue weighted by Gasteiger charge is -2.27. The molecule has 0 radical (unpaired) electrons. The van der Waals surface area contributed by atoms with Crippen LogP contribution in [0.2, 0.25) is 0 Å². The molecular weight excluding hydrogens is 276 g/mol. The average Bonchev–Trinajstić information content (AvgIpc) is 2.70. The number of fused-ring (bicyclic) bond motifs is 1. The maximum atomic E-state index is 11.8. The molecule has 1 aromatic heterocycles. The number of aliphatic carboxylic acids is 1. The monoisotopic (exact) mass is 298 g/mol. The predicted molar refractivity (Wildman–Crippen MR) is 75.1 cm³/mol. The lowest BCUT2D eigenvalue weighted by Crippen LogP contribution is -2.45. The minimum absolute atomic E-state index is 0.0396. The molecular formula is C13H22N4O4. The third-order valence-electron chi connectivity index (χ3n) is 3.95. The highest BCUT2D eigenvalue weighted by Crippen LogP contribution is 2.22. The molecule has 0 aromatic carbocycles. The van der Waals surface area contributed by atoms with Crippen molar-refractivity contribution in [3.05, 3.63) is 16.4 Å². The van der Waals surface area contributed by atoms with Crippen molar-refractivity contribution in [3.8, 4) is 0 Å². The normalized spacial score (nSPS) is 20.0. The van der Waals surface area contributed by atoms with Crippen LogP contribution in [-0.2, 0) is 11.2 Å². The van der Waals surface area contributed by atoms with Crippen LogP contribution in [0.5, 0.6) is 0 Å². The molecule has 2 heterocycles. The summed E-state index contributed by atoms with van der Waals surface area (Å²) in [6, 6.07) is -0.961. The van der Waals surface area contributed by atoms with Crippen molar-refractivity contribution in [3.63, 3.8) is 0 Å². The van der Waals surface area contributed by atoms with Gasteiger partial charge in [-0.2, -0.15) is 0 Å². The summed E-state index contributed by atoms with van der Waals surface area (Å²) in [4.78, 5) is 24.7. The molecule has 21 heavy (non-hydrogen) atoms. The number of carboxylic acid groups (broad SMARTS) is 1. The van der Waals surface area contributed by atoms with Crippen LogP contribution < -0.4 is 11.5 Å². The fraction of sp³-hybridized carbons (Fsp3) is 0.769. The third-order valence-corrected chi connectivity index (χ3v) is 3.95. The lowest BCUT2D eigenvalue weighted by atomic mass is 10.1. The van der Waals surface area contributed by atoms with Crippen molar-refractivity contribution in [1.82, 2.24) is 14.6 Å². The first-order valence-corrected chi connectivity index (χ1v) is 7.30. The van der Waals surface area contributed by atoms with Gasteiger partial charge in [-0.25, -0.2) is 4.79 Å². The highest BCUT2D eigenvalue weighted by molar-refractivity contribution is 5.73. The molecule has 2 atom stereocenters. The van der Waals surface area contributed by atoms with E-state index in [1.807, 2.05) is 11.8 Å². The first kappa shape index (κ1) is 15.7. The Morgan fingerprint density at radius 3 is 3.05 bits per heavy atom. The molecule has 3 N–H and O–H groups in total. The van der Waals surface area contributed by atoms with Gasteiger partial charge >= 0.3 is 11.7 Å². The summed E-state index contributed by atoms with van der Waals surface area (Å²) in [5, 5.41) is 12.7. The molecule has 0 spiro atoms. The first-order valence-electron chi connectivity index (χ1n) is 7.30. The fourth-order valence-corrected chi connectivity index (χ4v) is 2.76. The smallest absolute Gasteiger partial charge is 0.441 e. The van der Waals surface area contributed by atoms with Gasteiger partial charge in [0.25, 0.3) is 0 Å². The summed E-state index contributed by atoms with van der Waals surface area (Å²) in [5.41, 5.74) is 5.59. The second-order valence-corrected chi connectivity index (χ2v) is 5.43. The van der Waals surface area contributed by atoms with E-state index in [0.717, 1.165) is 25.7 Å². The zero-order valence-corrected chi connectivity index (χ0v) is 12.2. The number of aryl methyl sites for hydroxylation is 1. The Bertz CT molecular complexity index is 539. The second-order valence-electron chi connectivity index (χ2n) is 5.43. The van der Waals surface area contributed by atoms with Gasteiger partial charge in [-0.3, -0.25) is 18.8 Å². The first-order chi connectivity index (χ1) is 10.0. The molecule has 0 saturated carbocycles. The zero-order chi connectivity index (χ0) is 15.4. The van der Waals surface area contributed by atoms with E-state index in [1.165, 1.54) is 0 Å². The summed E-state index contributed by atoms with van der Waals surface area (Å²) in [6.07, 6.45) is 3.58. The van der Waals surface area contributed by atoms with Crippen molar-refractivity contribution < 1.29 is 14.4 Å². The topological polar surface area (TPSA) is 115 Å². The number of hydrogen-bond acceptors (Lipinski definition) is 6. The van der Waals surface area contributed by atoms with Crippen LogP contribution in [0.1, 0.15) is 38.1 Å². The molecule has 2 rings (SSSR count). The molecule has 0 aliphatic carbocycles. The van der Waals surface area contributed by atoms with Crippen molar-refractivity contribution >= 4 is 5.97 Å². The molecule has 8 heteroatoms. The SMILES string of the molecule is CCN(CC(N)C(=O)O)CC1CCCCc2noc(=O)n21. The number of aromatic nitrogens is 2. The van der Waals surface area contributed by atoms with Crippen LogP contribution in [0.4, 0.5) is 0 Å². The number of likely N-dealkylation sites (N-methyl/N-ethyl adjacent to an activating group) is 1. The Hall–Kier alpha value is -1.67. The maximum Gasteiger partial charge on any atom is 0.441 e. The Kier molecular flexibility index (Phi) is 5.13. The molecule has 0 amide bonds. The van der Waals surface area contributed by atoms with Gasteiger partial charge in [-0.1, -0.05) is 18.5 Å². The van der Waals surface area contributed by atoms with Crippen molar-refractivity contribution in [2.45, 2.75) is 44.7 Å². The van der Waals surface area contributed by atoms with Crippen LogP contribution in [0.15, 0.2) is 9.32 Å². The van der Waals surface area contributed by atoms with Crippen LogP contribution in [0, 0.1) is 0 Å². The van der Waals surface area contributed by atoms with Crippen molar-refractivity contribution in [1.29, 1.82) is 0 Å². The lowest BCUT2D eigenvalue weighted by molar-refractivity contribution is -0.139. The molecule has 1 aliphatic rings. The standard InChI is InChI=1S/C13H22N4O4/c1-2-16(8-10(14)12(18)19)7-9-5-3-4-6-11-15-21-13(20)17(9)11/h9-10H,2-8,14H2,1H3,(H,18,19). The summed E-state index contributed by atoms with van der Waals surface area (Å²) < 4.78 is 6.37. The number of carbonyl (C=O) groups is 1. The van der Waals surface area contributed by atoms with Gasteiger partial charge in [0.05, 0.1) is 6.04 Å². The van der Waals surface area contributed by atoms with Gasteiger partial charge in [0, 0.05) is 19.5 Å². The van der Waals surface area contributed by atoms with Gasteiger partial charge in [0.2, 0.25) is 0 Å². The molecule has 0 fully saturated rings. The van der Waals surface area contributed by atoms with Crippen LogP contribution >= 0.6 is 0 Å². The molecule has 2 unspecified atom stereocenters. The van der Waals surface area contributed by atoms with E-state index in [0.29, 0.717) is 18.9 Å². The Morgan fingerprint density at radius 1 is 1.62 bits per heavy atom. The quantitative estimate of drug-likeness (QED) is 0.749. The highest BCUT2D eigenvalue weighted by atomic mass is 16.5. The number of carboxylic acids is 1. The van der Waals surface area contributed by atoms with E-state index in [4.69, 9.17) is 15.4 Å². The highest BCUT2D eigenvalue weighted by Gasteiger charge is 2.26. The molecule has 8 nitrogen and oxygen atoms in total. The van der Waals surface area contributed by atoms with Crippen LogP contribution in [0.3, 0.4) is 0 Å². The van der Waals surface area contributed by atoms with Gasteiger partial charge < -0.3 is 10.8 Å². The number of hydrogen-bond donors (Lipinski definition) is 2. The van der Waals surface area contributed by atoms with Crippen LogP contribution in [0.25, 0.3) is 0 Å². The van der Waals surface area contributed by atoms with E-state index in [9.17, 15) is 9.59 Å². The van der Waals surface area contributed by atoms with Gasteiger partial charge in [-0.15, -0.1) is 0 Å². The third kappa shape index (κ3) is 3.70. The van der Waals surface area contributed by atoms with E-state index < -0.39 is 17.8 Å². The number of nitrogens with zero attached hydrogens (tertiary/aromatic N) is 3. The maximum absolute atomic E-state index is 11.8. The molecule has 118 valence electrons. The second kappa shape index (κ2) is 6.86. The largest absolute Gasteiger partial charge is 0.480 e. The van der Waals surface area contributed by atoms with E-state index in [1.54, 1.807) is 4.57 Å². The molecule has 1 aliphatic heterocycles. The molecule has 0 bridgehead atoms. The summed E-state index contributed by atoms with van der Waals surface area (Å²) >= 11 is 0. The van der Waals surface area contributed by atoms with Gasteiger partial charge in [-0.05, 0) is 19.4 Å². The Labute approximate surface area is 122 Å². The van der Waals surface area contributed by atoms with E-state index in [-0.39, 0.29) is 12.6 Å². The van der Waals surface area contributed by atoms with Crippen molar-refractivity contribution in [2.24, 2.45) is 5.73 Å². The van der Waals surface area contributed by atoms with Gasteiger partial charge in [0.1, 0.15) is 6.04 Å². The molecule has 1 aromatic rings.